The molecule has 3 nitrogen and oxygen atoms in total. The van der Waals surface area contributed by atoms with Crippen LogP contribution in [0, 0.1) is 47.0 Å². The number of unbranched alkanes of at least 4 members (excludes halogenated alkanes) is 17. The van der Waals surface area contributed by atoms with Crippen LogP contribution in [0.5, 0.6) is 11.5 Å². The highest BCUT2D eigenvalue weighted by molar-refractivity contribution is 6.85. The molecule has 0 aliphatic carbocycles. The highest BCUT2D eigenvalue weighted by Gasteiger charge is 2.19. The molecular weight excluding hydrogens is 651 g/mol. The summed E-state index contributed by atoms with van der Waals surface area (Å²) in [4.78, 5) is 0. The topological polar surface area (TPSA) is 42.2 Å². The summed E-state index contributed by atoms with van der Waals surface area (Å²) in [5.74, 6) is 9.18. The lowest BCUT2D eigenvalue weighted by molar-refractivity contribution is 0.218. The van der Waals surface area contributed by atoms with E-state index >= 15 is 0 Å². The Morgan fingerprint density at radius 3 is 1.38 bits per heavy atom. The predicted octanol–water partition coefficient (Wildman–Crippen LogP) is 15.0. The van der Waals surface area contributed by atoms with Crippen LogP contribution in [0.15, 0.2) is 12.1 Å². The summed E-state index contributed by atoms with van der Waals surface area (Å²) < 4.78 is 13.4. The van der Waals surface area contributed by atoms with E-state index in [9.17, 15) is 0 Å². The van der Waals surface area contributed by atoms with Crippen LogP contribution < -0.4 is 9.47 Å². The quantitative estimate of drug-likeness (QED) is 0.0411. The third kappa shape index (κ3) is 24.1. The summed E-state index contributed by atoms with van der Waals surface area (Å²) in [5, 5.41) is 9.11. The molecule has 0 N–H and O–H groups in total. The highest BCUT2D eigenvalue weighted by atomic mass is 28.3. The Kier molecular flexibility index (Phi) is 29.4. The number of rotatable bonds is 33. The Balaban J connectivity index is 3.26. The molecule has 4 heteroatoms. The van der Waals surface area contributed by atoms with E-state index in [-0.39, 0.29) is 0 Å². The number of nitriles is 1. The van der Waals surface area contributed by atoms with Gasteiger partial charge in [0.1, 0.15) is 19.6 Å². The number of benzene rings is 1. The van der Waals surface area contributed by atoms with Gasteiger partial charge in [0.05, 0.1) is 30.4 Å². The van der Waals surface area contributed by atoms with Gasteiger partial charge < -0.3 is 9.47 Å². The Bertz CT molecular complexity index is 1170. The zero-order valence-electron chi connectivity index (χ0n) is 35.2. The molecule has 2 unspecified atom stereocenters. The van der Waals surface area contributed by atoms with Crippen molar-refractivity contribution in [3.05, 3.63) is 23.3 Å². The number of hydrogen-bond acceptors (Lipinski definition) is 3. The average Bonchev–Trinajstić information content (AvgIpc) is 3.14. The van der Waals surface area contributed by atoms with Crippen molar-refractivity contribution in [1.82, 2.24) is 0 Å². The third-order valence-corrected chi connectivity index (χ3v) is 13.1. The lowest BCUT2D eigenvalue weighted by Gasteiger charge is -2.21. The zero-order chi connectivity index (χ0) is 38.1. The van der Waals surface area contributed by atoms with Gasteiger partial charge in [0.15, 0.2) is 0 Å². The molecule has 0 spiro atoms. The Morgan fingerprint density at radius 2 is 0.962 bits per heavy atom. The first-order valence-electron chi connectivity index (χ1n) is 22.1. The van der Waals surface area contributed by atoms with Crippen molar-refractivity contribution in [3.8, 4) is 41.4 Å². The lowest BCUT2D eigenvalue weighted by atomic mass is 9.95. The predicted molar refractivity (Wildman–Crippen MR) is 230 cm³/mol. The molecule has 1 rings (SSSR count). The Morgan fingerprint density at radius 1 is 0.577 bits per heavy atom. The minimum atomic E-state index is -1.82. The third-order valence-electron chi connectivity index (χ3n) is 10.7. The summed E-state index contributed by atoms with van der Waals surface area (Å²) in [6, 6.07) is 7.44. The van der Waals surface area contributed by atoms with E-state index in [1.54, 1.807) is 0 Å². The normalized spacial score (nSPS) is 12.4. The van der Waals surface area contributed by atoms with Gasteiger partial charge in [-0.2, -0.15) is 5.26 Å². The first-order chi connectivity index (χ1) is 25.3. The smallest absolute Gasteiger partial charge is 0.136 e. The summed E-state index contributed by atoms with van der Waals surface area (Å²) >= 11 is 0. The van der Waals surface area contributed by atoms with Crippen molar-refractivity contribution in [2.45, 2.75) is 214 Å². The van der Waals surface area contributed by atoms with Gasteiger partial charge in [0.25, 0.3) is 0 Å². The molecule has 0 aromatic heterocycles. The molecule has 1 aromatic rings. The maximum absolute atomic E-state index is 9.11. The van der Waals surface area contributed by atoms with Crippen LogP contribution in [0.25, 0.3) is 0 Å². The maximum atomic E-state index is 9.11. The molecule has 0 radical (unpaired) electrons. The minimum absolute atomic E-state index is 0.543. The fourth-order valence-electron chi connectivity index (χ4n) is 7.10. The maximum Gasteiger partial charge on any atom is 0.136 e. The van der Waals surface area contributed by atoms with Crippen LogP contribution in [-0.4, -0.2) is 21.3 Å². The number of hydrogen-bond donors (Lipinski definition) is 0. The second kappa shape index (κ2) is 32.1. The molecule has 0 saturated heterocycles. The van der Waals surface area contributed by atoms with Gasteiger partial charge in [0.2, 0.25) is 0 Å². The molecule has 294 valence electrons. The van der Waals surface area contributed by atoms with Gasteiger partial charge in [0, 0.05) is 18.6 Å². The summed E-state index contributed by atoms with van der Waals surface area (Å²) in [6.07, 6.45) is 38.7. The van der Waals surface area contributed by atoms with Crippen LogP contribution in [0.4, 0.5) is 0 Å². The SMILES string of the molecule is C#Cc1cc(OCC(CCCCCC)CCCCCCCC)c(C#C[Si](C)(C)CCCC#N)cc1OCC(CCCCCC)CCCCCCCC. The highest BCUT2D eigenvalue weighted by Crippen LogP contribution is 2.31. The Hall–Kier alpha value is -2.35. The first-order valence-corrected chi connectivity index (χ1v) is 25.3. The van der Waals surface area contributed by atoms with E-state index in [0.717, 1.165) is 35.1 Å². The molecule has 1 aromatic carbocycles. The van der Waals surface area contributed by atoms with Crippen LogP contribution in [0.1, 0.15) is 206 Å². The second-order valence-corrected chi connectivity index (χ2v) is 20.8. The van der Waals surface area contributed by atoms with Crippen LogP contribution in [-0.2, 0) is 0 Å². The molecule has 52 heavy (non-hydrogen) atoms. The standard InChI is InChI=1S/C48H81NO2Si/c1-8-13-17-21-23-27-33-43(31-25-19-15-10-3)41-50-47-40-46(35-38-52(6,7)37-30-29-36-49)48(39-45(47)12-5)51-42-44(32-26-20-16-11-4)34-28-24-22-18-14-9-2/h5,39-40,43-44H,8-11,13-34,37,41-42H2,1-4,6-7H3. The molecule has 0 saturated carbocycles. The van der Waals surface area contributed by atoms with Gasteiger partial charge in [-0.25, -0.2) is 0 Å². The zero-order valence-corrected chi connectivity index (χ0v) is 36.2. The monoisotopic (exact) mass is 732 g/mol. The first kappa shape index (κ1) is 47.7. The van der Waals surface area contributed by atoms with Gasteiger partial charge >= 0.3 is 0 Å². The minimum Gasteiger partial charge on any atom is -0.492 e. The van der Waals surface area contributed by atoms with Crippen molar-refractivity contribution >= 4 is 8.07 Å². The van der Waals surface area contributed by atoms with Crippen molar-refractivity contribution in [2.24, 2.45) is 11.8 Å². The van der Waals surface area contributed by atoms with Crippen LogP contribution in [0.3, 0.4) is 0 Å². The van der Waals surface area contributed by atoms with Crippen molar-refractivity contribution in [1.29, 1.82) is 5.26 Å². The molecule has 2 atom stereocenters. The summed E-state index contributed by atoms with van der Waals surface area (Å²) in [7, 11) is -1.82. The van der Waals surface area contributed by atoms with Crippen molar-refractivity contribution in [3.63, 3.8) is 0 Å². The van der Waals surface area contributed by atoms with E-state index in [1.807, 2.05) is 6.07 Å². The summed E-state index contributed by atoms with van der Waals surface area (Å²) in [5.41, 5.74) is 5.35. The summed E-state index contributed by atoms with van der Waals surface area (Å²) in [6.45, 7) is 15.2. The number of nitrogens with zero attached hydrogens (tertiary/aromatic N) is 1. The number of terminal acetylenes is 1. The molecule has 0 fully saturated rings. The molecular formula is C48H81NO2Si. The van der Waals surface area contributed by atoms with Gasteiger partial charge in [-0.05, 0) is 50.0 Å². The average molecular weight is 732 g/mol. The number of ether oxygens (including phenoxy) is 2. The molecule has 0 aliphatic heterocycles. The fraction of sp³-hybridized carbons (Fsp3) is 0.771. The van der Waals surface area contributed by atoms with E-state index in [1.165, 1.54) is 154 Å². The molecule has 0 aliphatic rings. The second-order valence-electron chi connectivity index (χ2n) is 16.3. The molecule has 0 bridgehead atoms. The van der Waals surface area contributed by atoms with Gasteiger partial charge in [-0.3, -0.25) is 0 Å². The molecule has 0 amide bonds. The fourth-order valence-corrected chi connectivity index (χ4v) is 8.76. The van der Waals surface area contributed by atoms with Gasteiger partial charge in [-0.15, -0.1) is 12.0 Å². The molecule has 0 heterocycles. The van der Waals surface area contributed by atoms with Crippen molar-refractivity contribution < 1.29 is 9.47 Å². The van der Waals surface area contributed by atoms with E-state index in [0.29, 0.717) is 31.5 Å². The van der Waals surface area contributed by atoms with Crippen LogP contribution in [0.2, 0.25) is 19.1 Å². The van der Waals surface area contributed by atoms with Crippen LogP contribution >= 0.6 is 0 Å². The van der Waals surface area contributed by atoms with E-state index in [2.05, 4.69) is 70.3 Å². The van der Waals surface area contributed by atoms with Crippen molar-refractivity contribution in [2.75, 3.05) is 13.2 Å². The van der Waals surface area contributed by atoms with E-state index in [4.69, 9.17) is 21.2 Å². The largest absolute Gasteiger partial charge is 0.492 e. The lowest BCUT2D eigenvalue weighted by Crippen LogP contribution is -2.22. The van der Waals surface area contributed by atoms with Gasteiger partial charge in [-0.1, -0.05) is 181 Å². The van der Waals surface area contributed by atoms with E-state index < -0.39 is 8.07 Å². The Labute approximate surface area is 325 Å².